The van der Waals surface area contributed by atoms with Crippen LogP contribution in [-0.4, -0.2) is 25.0 Å². The van der Waals surface area contributed by atoms with E-state index in [2.05, 4.69) is 10.6 Å². The number of hydrogen-bond donors (Lipinski definition) is 2. The highest BCUT2D eigenvalue weighted by Gasteiger charge is 2.09. The summed E-state index contributed by atoms with van der Waals surface area (Å²) >= 11 is 0. The third-order valence-corrected chi connectivity index (χ3v) is 4.27. The van der Waals surface area contributed by atoms with Crippen LogP contribution in [-0.2, 0) is 4.79 Å². The van der Waals surface area contributed by atoms with E-state index in [1.165, 1.54) is 6.92 Å². The highest BCUT2D eigenvalue weighted by Crippen LogP contribution is 2.21. The molecule has 0 aromatic heterocycles. The van der Waals surface area contributed by atoms with E-state index >= 15 is 0 Å². The number of carbonyl (C=O) groups excluding carboxylic acids is 2. The maximum atomic E-state index is 12.6. The molecule has 0 radical (unpaired) electrons. The number of carbonyl (C=O) groups is 2. The molecule has 0 atom stereocenters. The topological polar surface area (TPSA) is 76.7 Å². The van der Waals surface area contributed by atoms with Crippen LogP contribution in [0.15, 0.2) is 72.8 Å². The molecule has 2 amide bonds. The van der Waals surface area contributed by atoms with E-state index in [0.717, 1.165) is 11.3 Å². The van der Waals surface area contributed by atoms with Gasteiger partial charge in [0.25, 0.3) is 5.91 Å². The molecule has 6 heteroatoms. The molecule has 3 rings (SSSR count). The molecule has 30 heavy (non-hydrogen) atoms. The van der Waals surface area contributed by atoms with Gasteiger partial charge in [0.05, 0.1) is 0 Å². The molecular weight excluding hydrogens is 380 g/mol. The summed E-state index contributed by atoms with van der Waals surface area (Å²) in [5.41, 5.74) is 2.64. The van der Waals surface area contributed by atoms with Crippen molar-refractivity contribution >= 4 is 23.2 Å². The van der Waals surface area contributed by atoms with Crippen molar-refractivity contribution in [2.24, 2.45) is 0 Å². The number of anilines is 2. The van der Waals surface area contributed by atoms with Gasteiger partial charge in [0.15, 0.2) is 0 Å². The van der Waals surface area contributed by atoms with Crippen molar-refractivity contribution in [3.63, 3.8) is 0 Å². The van der Waals surface area contributed by atoms with Gasteiger partial charge in [-0.05, 0) is 55.0 Å². The van der Waals surface area contributed by atoms with Gasteiger partial charge in [-0.15, -0.1) is 0 Å². The number of benzene rings is 3. The summed E-state index contributed by atoms with van der Waals surface area (Å²) in [5.74, 6) is 0.939. The predicted octanol–water partition coefficient (Wildman–Crippen LogP) is 4.66. The third kappa shape index (κ3) is 6.10. The van der Waals surface area contributed by atoms with Crippen LogP contribution < -0.4 is 20.1 Å². The Labute approximate surface area is 175 Å². The summed E-state index contributed by atoms with van der Waals surface area (Å²) in [6.07, 6.45) is 0. The summed E-state index contributed by atoms with van der Waals surface area (Å²) in [7, 11) is 0. The van der Waals surface area contributed by atoms with E-state index < -0.39 is 0 Å². The van der Waals surface area contributed by atoms with Crippen LogP contribution >= 0.6 is 0 Å². The second-order valence-electron chi connectivity index (χ2n) is 6.70. The van der Waals surface area contributed by atoms with Gasteiger partial charge in [-0.2, -0.15) is 0 Å². The maximum absolute atomic E-state index is 12.6. The van der Waals surface area contributed by atoms with Crippen molar-refractivity contribution in [3.8, 4) is 11.5 Å². The Morgan fingerprint density at radius 2 is 1.50 bits per heavy atom. The smallest absolute Gasteiger partial charge is 0.255 e. The van der Waals surface area contributed by atoms with Crippen molar-refractivity contribution in [1.82, 2.24) is 0 Å². The standard InChI is InChI=1S/C24H24N2O4/c1-17-11-12-20(16-23(17)25-18(2)27)26-24(28)19-7-6-10-22(15-19)30-14-13-29-21-8-4-3-5-9-21/h3-12,15-16H,13-14H2,1-2H3,(H,25,27)(H,26,28). The fraction of sp³-hybridized carbons (Fsp3) is 0.167. The van der Waals surface area contributed by atoms with Crippen LogP contribution in [0.3, 0.4) is 0 Å². The minimum absolute atomic E-state index is 0.164. The molecule has 0 fully saturated rings. The molecule has 3 aromatic rings. The van der Waals surface area contributed by atoms with Crippen molar-refractivity contribution in [1.29, 1.82) is 0 Å². The number of aryl methyl sites for hydroxylation is 1. The first-order valence-electron chi connectivity index (χ1n) is 9.61. The largest absolute Gasteiger partial charge is 0.490 e. The minimum atomic E-state index is -0.265. The lowest BCUT2D eigenvalue weighted by Gasteiger charge is -2.12. The number of rotatable bonds is 8. The van der Waals surface area contributed by atoms with Crippen molar-refractivity contribution in [3.05, 3.63) is 83.9 Å². The number of ether oxygens (including phenoxy) is 2. The van der Waals surface area contributed by atoms with Crippen LogP contribution in [0.4, 0.5) is 11.4 Å². The normalized spacial score (nSPS) is 10.2. The van der Waals surface area contributed by atoms with Gasteiger partial charge in [0.1, 0.15) is 24.7 Å². The molecular formula is C24H24N2O4. The SMILES string of the molecule is CC(=O)Nc1cc(NC(=O)c2cccc(OCCOc3ccccc3)c2)ccc1C. The Bertz CT molecular complexity index is 1020. The van der Waals surface area contributed by atoms with E-state index in [9.17, 15) is 9.59 Å². The molecule has 3 aromatic carbocycles. The Morgan fingerprint density at radius 3 is 2.23 bits per heavy atom. The van der Waals surface area contributed by atoms with Crippen molar-refractivity contribution in [2.75, 3.05) is 23.8 Å². The molecule has 0 unspecified atom stereocenters. The Hall–Kier alpha value is -3.80. The van der Waals surface area contributed by atoms with E-state index in [-0.39, 0.29) is 11.8 Å². The van der Waals surface area contributed by atoms with Crippen LogP contribution in [0.25, 0.3) is 0 Å². The quantitative estimate of drug-likeness (QED) is 0.535. The summed E-state index contributed by atoms with van der Waals surface area (Å²) in [4.78, 5) is 23.9. The zero-order chi connectivity index (χ0) is 21.3. The lowest BCUT2D eigenvalue weighted by atomic mass is 10.1. The number of nitrogens with one attached hydrogen (secondary N) is 2. The summed E-state index contributed by atoms with van der Waals surface area (Å²) in [6, 6.07) is 21.8. The molecule has 0 bridgehead atoms. The maximum Gasteiger partial charge on any atom is 0.255 e. The van der Waals surface area contributed by atoms with Gasteiger partial charge < -0.3 is 20.1 Å². The second kappa shape index (κ2) is 10.1. The van der Waals surface area contributed by atoms with Crippen LogP contribution in [0.2, 0.25) is 0 Å². The van der Waals surface area contributed by atoms with Crippen LogP contribution in [0, 0.1) is 6.92 Å². The lowest BCUT2D eigenvalue weighted by molar-refractivity contribution is -0.114. The number of para-hydroxylation sites is 1. The zero-order valence-corrected chi connectivity index (χ0v) is 17.0. The summed E-state index contributed by atoms with van der Waals surface area (Å²) in [6.45, 7) is 4.09. The van der Waals surface area contributed by atoms with Crippen LogP contribution in [0.1, 0.15) is 22.8 Å². The highest BCUT2D eigenvalue weighted by molar-refractivity contribution is 6.05. The van der Waals surface area contributed by atoms with E-state index in [1.54, 1.807) is 36.4 Å². The van der Waals surface area contributed by atoms with Crippen molar-refractivity contribution < 1.29 is 19.1 Å². The zero-order valence-electron chi connectivity index (χ0n) is 17.0. The molecule has 154 valence electrons. The predicted molar refractivity (Wildman–Crippen MR) is 117 cm³/mol. The number of hydrogen-bond acceptors (Lipinski definition) is 4. The average Bonchev–Trinajstić information content (AvgIpc) is 2.74. The lowest BCUT2D eigenvalue weighted by Crippen LogP contribution is -2.14. The second-order valence-corrected chi connectivity index (χ2v) is 6.70. The molecule has 0 aliphatic carbocycles. The molecule has 6 nitrogen and oxygen atoms in total. The van der Waals surface area contributed by atoms with Gasteiger partial charge >= 0.3 is 0 Å². The summed E-state index contributed by atoms with van der Waals surface area (Å²) in [5, 5.41) is 5.60. The monoisotopic (exact) mass is 404 g/mol. The molecule has 0 saturated carbocycles. The fourth-order valence-corrected chi connectivity index (χ4v) is 2.79. The third-order valence-electron chi connectivity index (χ3n) is 4.27. The molecule has 0 saturated heterocycles. The van der Waals surface area contributed by atoms with Gasteiger partial charge in [0, 0.05) is 23.9 Å². The summed E-state index contributed by atoms with van der Waals surface area (Å²) < 4.78 is 11.3. The number of amides is 2. The highest BCUT2D eigenvalue weighted by atomic mass is 16.5. The fourth-order valence-electron chi connectivity index (χ4n) is 2.79. The van der Waals surface area contributed by atoms with E-state index in [1.807, 2.05) is 43.3 Å². The molecule has 0 heterocycles. The Kier molecular flexibility index (Phi) is 7.05. The van der Waals surface area contributed by atoms with E-state index in [0.29, 0.717) is 35.9 Å². The molecule has 0 spiro atoms. The van der Waals surface area contributed by atoms with E-state index in [4.69, 9.17) is 9.47 Å². The van der Waals surface area contributed by atoms with Gasteiger partial charge in [-0.3, -0.25) is 9.59 Å². The molecule has 2 N–H and O–H groups in total. The minimum Gasteiger partial charge on any atom is -0.490 e. The molecule has 0 aliphatic rings. The van der Waals surface area contributed by atoms with Gasteiger partial charge in [-0.1, -0.05) is 30.3 Å². The van der Waals surface area contributed by atoms with Gasteiger partial charge in [0.2, 0.25) is 5.91 Å². The van der Waals surface area contributed by atoms with Crippen LogP contribution in [0.5, 0.6) is 11.5 Å². The first-order valence-corrected chi connectivity index (χ1v) is 9.61. The van der Waals surface area contributed by atoms with Gasteiger partial charge in [-0.25, -0.2) is 0 Å². The first kappa shape index (κ1) is 20.9. The van der Waals surface area contributed by atoms with Crippen molar-refractivity contribution in [2.45, 2.75) is 13.8 Å². The molecule has 0 aliphatic heterocycles. The Morgan fingerprint density at radius 1 is 0.800 bits per heavy atom. The Balaban J connectivity index is 1.57. The first-order chi connectivity index (χ1) is 14.5. The average molecular weight is 404 g/mol.